The monoisotopic (exact) mass is 474 g/mol. The van der Waals surface area contributed by atoms with E-state index in [-0.39, 0.29) is 22.4 Å². The lowest BCUT2D eigenvalue weighted by molar-refractivity contribution is 0.130. The third-order valence-electron chi connectivity index (χ3n) is 5.35. The molecule has 0 bridgehead atoms. The van der Waals surface area contributed by atoms with Gasteiger partial charge >= 0.3 is 6.09 Å². The molecule has 1 heterocycles. The number of ether oxygens (including phenoxy) is 2. The van der Waals surface area contributed by atoms with Gasteiger partial charge in [-0.3, -0.25) is 5.32 Å². The van der Waals surface area contributed by atoms with Gasteiger partial charge in [0, 0.05) is 29.6 Å². The van der Waals surface area contributed by atoms with Crippen molar-refractivity contribution in [1.82, 2.24) is 4.57 Å². The number of halogens is 1. The maximum atomic E-state index is 15.9. The highest BCUT2D eigenvalue weighted by Gasteiger charge is 2.33. The van der Waals surface area contributed by atoms with E-state index in [1.165, 1.54) is 6.07 Å². The van der Waals surface area contributed by atoms with Crippen molar-refractivity contribution < 1.29 is 27.1 Å². The molecule has 0 saturated heterocycles. The molecule has 1 N–H and O–H groups in total. The molecule has 7 nitrogen and oxygen atoms in total. The number of amides is 1. The Bertz CT molecular complexity index is 1310. The zero-order valence-corrected chi connectivity index (χ0v) is 19.8. The molecule has 1 amide bonds. The Labute approximate surface area is 192 Å². The molecule has 1 aromatic heterocycles. The fourth-order valence-corrected chi connectivity index (χ4v) is 4.82. The molecular formula is C24H27FN2O5S. The molecule has 0 radical (unpaired) electrons. The third-order valence-corrected chi connectivity index (χ3v) is 6.47. The lowest BCUT2D eigenvalue weighted by atomic mass is 10.1. The average Bonchev–Trinajstić information content (AvgIpc) is 3.51. The van der Waals surface area contributed by atoms with E-state index in [2.05, 4.69) is 5.32 Å². The van der Waals surface area contributed by atoms with Crippen molar-refractivity contribution in [1.29, 1.82) is 0 Å². The summed E-state index contributed by atoms with van der Waals surface area (Å²) in [6.07, 6.45) is 2.01. The summed E-state index contributed by atoms with van der Waals surface area (Å²) in [5.41, 5.74) is 1.91. The van der Waals surface area contributed by atoms with Gasteiger partial charge < -0.3 is 14.0 Å². The zero-order chi connectivity index (χ0) is 23.9. The lowest BCUT2D eigenvalue weighted by Gasteiger charge is -2.12. The first-order valence-electron chi connectivity index (χ1n) is 10.9. The predicted octanol–water partition coefficient (Wildman–Crippen LogP) is 5.54. The molecule has 0 atom stereocenters. The van der Waals surface area contributed by atoms with E-state index < -0.39 is 21.7 Å². The molecule has 0 spiro atoms. The topological polar surface area (TPSA) is 86.6 Å². The molecule has 33 heavy (non-hydrogen) atoms. The zero-order valence-electron chi connectivity index (χ0n) is 19.0. The first-order valence-corrected chi connectivity index (χ1v) is 12.8. The summed E-state index contributed by atoms with van der Waals surface area (Å²) < 4.78 is 53.5. The summed E-state index contributed by atoms with van der Waals surface area (Å²) in [7, 11) is -3.71. The maximum Gasteiger partial charge on any atom is 0.411 e. The minimum absolute atomic E-state index is 0.0746. The van der Waals surface area contributed by atoms with Gasteiger partial charge in [-0.1, -0.05) is 12.1 Å². The fourth-order valence-electron chi connectivity index (χ4n) is 3.92. The van der Waals surface area contributed by atoms with Gasteiger partial charge in [0.05, 0.1) is 34.2 Å². The van der Waals surface area contributed by atoms with Crippen molar-refractivity contribution in [2.24, 2.45) is 0 Å². The second kappa shape index (κ2) is 8.70. The molecule has 0 aliphatic heterocycles. The van der Waals surface area contributed by atoms with Crippen LogP contribution in [0.4, 0.5) is 14.9 Å². The van der Waals surface area contributed by atoms with Gasteiger partial charge in [0.2, 0.25) is 0 Å². The molecule has 4 rings (SSSR count). The molecule has 3 aromatic rings. The quantitative estimate of drug-likeness (QED) is 0.486. The van der Waals surface area contributed by atoms with E-state index in [0.29, 0.717) is 34.8 Å². The van der Waals surface area contributed by atoms with Crippen LogP contribution in [0.2, 0.25) is 0 Å². The van der Waals surface area contributed by atoms with Crippen molar-refractivity contribution in [3.05, 3.63) is 42.2 Å². The van der Waals surface area contributed by atoms with Gasteiger partial charge in [0.1, 0.15) is 5.75 Å². The average molecular weight is 475 g/mol. The van der Waals surface area contributed by atoms with Crippen molar-refractivity contribution >= 4 is 32.5 Å². The molecule has 1 aliphatic carbocycles. The first-order chi connectivity index (χ1) is 15.6. The van der Waals surface area contributed by atoms with Gasteiger partial charge in [-0.15, -0.1) is 0 Å². The van der Waals surface area contributed by atoms with E-state index in [0.717, 1.165) is 19.1 Å². The molecule has 1 saturated carbocycles. The van der Waals surface area contributed by atoms with Gasteiger partial charge in [-0.05, 0) is 51.8 Å². The van der Waals surface area contributed by atoms with Crippen molar-refractivity contribution in [3.63, 3.8) is 0 Å². The predicted molar refractivity (Wildman–Crippen MR) is 125 cm³/mol. The van der Waals surface area contributed by atoms with Crippen LogP contribution in [0.25, 0.3) is 22.2 Å². The number of aromatic nitrogens is 1. The van der Waals surface area contributed by atoms with Crippen LogP contribution < -0.4 is 10.1 Å². The summed E-state index contributed by atoms with van der Waals surface area (Å²) in [6.45, 7) is 5.68. The van der Waals surface area contributed by atoms with Gasteiger partial charge in [0.25, 0.3) is 0 Å². The van der Waals surface area contributed by atoms with Crippen LogP contribution in [0.15, 0.2) is 41.3 Å². The second-order valence-corrected chi connectivity index (χ2v) is 10.4. The van der Waals surface area contributed by atoms with E-state index in [1.807, 2.05) is 11.5 Å². The van der Waals surface area contributed by atoms with Gasteiger partial charge in [0.15, 0.2) is 15.7 Å². The summed E-state index contributed by atoms with van der Waals surface area (Å²) in [6, 6.07) is 9.89. The summed E-state index contributed by atoms with van der Waals surface area (Å²) >= 11 is 0. The Morgan fingerprint density at radius 1 is 1.21 bits per heavy atom. The fraction of sp³-hybridized carbons (Fsp3) is 0.375. The number of benzene rings is 2. The Hall–Kier alpha value is -3.07. The van der Waals surface area contributed by atoms with Crippen LogP contribution >= 0.6 is 0 Å². The van der Waals surface area contributed by atoms with Crippen molar-refractivity contribution in [2.45, 2.75) is 50.7 Å². The highest BCUT2D eigenvalue weighted by Crippen LogP contribution is 2.46. The Morgan fingerprint density at radius 3 is 2.42 bits per heavy atom. The smallest absolute Gasteiger partial charge is 0.411 e. The standard InChI is InChI=1S/C24H27FN2O5S/c1-5-31-18-12-19-21(20(13-18)33(4,29)30)22(25)23(27(19)17-10-11-17)15-6-8-16(9-7-15)26-24(28)32-14(2)3/h6-9,12-14,17H,5,10-11H2,1-4H3,(H,26,28). The molecule has 1 aliphatic rings. The number of nitrogens with one attached hydrogen (secondary N) is 1. The highest BCUT2D eigenvalue weighted by atomic mass is 32.2. The first kappa shape index (κ1) is 23.1. The number of sulfone groups is 1. The van der Waals surface area contributed by atoms with Gasteiger partial charge in [-0.25, -0.2) is 17.6 Å². The molecule has 0 unspecified atom stereocenters. The van der Waals surface area contributed by atoms with E-state index in [4.69, 9.17) is 9.47 Å². The summed E-state index contributed by atoms with van der Waals surface area (Å²) in [4.78, 5) is 11.8. The van der Waals surface area contributed by atoms with Crippen molar-refractivity contribution in [2.75, 3.05) is 18.2 Å². The minimum Gasteiger partial charge on any atom is -0.494 e. The highest BCUT2D eigenvalue weighted by molar-refractivity contribution is 7.91. The maximum absolute atomic E-state index is 15.9. The van der Waals surface area contributed by atoms with Crippen LogP contribution in [-0.2, 0) is 14.6 Å². The lowest BCUT2D eigenvalue weighted by Crippen LogP contribution is -2.17. The molecular weight excluding hydrogens is 447 g/mol. The van der Waals surface area contributed by atoms with Crippen LogP contribution in [0.1, 0.15) is 39.7 Å². The number of hydrogen-bond donors (Lipinski definition) is 1. The van der Waals surface area contributed by atoms with E-state index in [1.54, 1.807) is 44.2 Å². The molecule has 9 heteroatoms. The van der Waals surface area contributed by atoms with Gasteiger partial charge in [-0.2, -0.15) is 0 Å². The molecule has 1 fully saturated rings. The third kappa shape index (κ3) is 4.68. The summed E-state index contributed by atoms with van der Waals surface area (Å²) in [5, 5.41) is 2.71. The number of carbonyl (C=O) groups excluding carboxylic acids is 1. The summed E-state index contributed by atoms with van der Waals surface area (Å²) in [5.74, 6) is -0.195. The SMILES string of the molecule is CCOc1cc(S(C)(=O)=O)c2c(F)c(-c3ccc(NC(=O)OC(C)C)cc3)n(C3CC3)c2c1. The van der Waals surface area contributed by atoms with Crippen LogP contribution in [-0.4, -0.2) is 38.0 Å². The number of nitrogens with zero attached hydrogens (tertiary/aromatic N) is 1. The number of rotatable bonds is 7. The molecule has 176 valence electrons. The number of anilines is 1. The van der Waals surface area contributed by atoms with Crippen LogP contribution in [0.5, 0.6) is 5.75 Å². The number of fused-ring (bicyclic) bond motifs is 1. The minimum atomic E-state index is -3.71. The number of carbonyl (C=O) groups is 1. The normalized spacial score (nSPS) is 14.0. The number of hydrogen-bond acceptors (Lipinski definition) is 5. The molecule has 2 aromatic carbocycles. The largest absolute Gasteiger partial charge is 0.494 e. The van der Waals surface area contributed by atoms with Crippen molar-refractivity contribution in [3.8, 4) is 17.0 Å². The van der Waals surface area contributed by atoms with Crippen LogP contribution in [0, 0.1) is 5.82 Å². The van der Waals surface area contributed by atoms with E-state index in [9.17, 15) is 13.2 Å². The Morgan fingerprint density at radius 2 is 1.88 bits per heavy atom. The van der Waals surface area contributed by atoms with Crippen LogP contribution in [0.3, 0.4) is 0 Å². The Balaban J connectivity index is 1.85. The van der Waals surface area contributed by atoms with E-state index >= 15 is 4.39 Å². The Kier molecular flexibility index (Phi) is 6.09. The second-order valence-electron chi connectivity index (χ2n) is 8.44.